The predicted octanol–water partition coefficient (Wildman–Crippen LogP) is 4.38. The maximum absolute atomic E-state index is 15.6. The van der Waals surface area contributed by atoms with Gasteiger partial charge < -0.3 is 24.5 Å². The molecule has 0 saturated carbocycles. The van der Waals surface area contributed by atoms with E-state index < -0.39 is 43.9 Å². The highest BCUT2D eigenvalue weighted by Crippen LogP contribution is 2.38. The minimum Gasteiger partial charge on any atom is -0.457 e. The van der Waals surface area contributed by atoms with Gasteiger partial charge >= 0.3 is 12.1 Å². The number of benzene rings is 1. The normalized spacial score (nSPS) is 20.4. The van der Waals surface area contributed by atoms with Gasteiger partial charge in [0, 0.05) is 19.0 Å². The Morgan fingerprint density at radius 2 is 1.87 bits per heavy atom. The summed E-state index contributed by atoms with van der Waals surface area (Å²) in [5.74, 6) is -1.32. The molecule has 2 heterocycles. The molecule has 2 aliphatic heterocycles. The van der Waals surface area contributed by atoms with Crippen molar-refractivity contribution < 1.29 is 32.7 Å². The van der Waals surface area contributed by atoms with Crippen LogP contribution in [0.5, 0.6) is 0 Å². The van der Waals surface area contributed by atoms with E-state index in [0.717, 1.165) is 0 Å². The van der Waals surface area contributed by atoms with E-state index in [9.17, 15) is 14.4 Å². The highest BCUT2D eigenvalue weighted by atomic mass is 28.4. The van der Waals surface area contributed by atoms with E-state index in [2.05, 4.69) is 44.5 Å². The summed E-state index contributed by atoms with van der Waals surface area (Å²) in [7, 11) is -2.10. The Morgan fingerprint density at radius 1 is 1.21 bits per heavy atom. The number of ether oxygens (including phenoxy) is 2. The van der Waals surface area contributed by atoms with Gasteiger partial charge in [0.05, 0.1) is 37.0 Å². The molecule has 1 saturated heterocycles. The number of amides is 2. The monoisotopic (exact) mass is 563 g/mol. The third kappa shape index (κ3) is 7.46. The molecule has 0 aromatic heterocycles. The lowest BCUT2D eigenvalue weighted by molar-refractivity contribution is -0.150. The maximum Gasteiger partial charge on any atom is 0.414 e. The van der Waals surface area contributed by atoms with Crippen molar-refractivity contribution in [1.29, 1.82) is 0 Å². The van der Waals surface area contributed by atoms with Crippen LogP contribution in [0.1, 0.15) is 54.0 Å². The Labute approximate surface area is 231 Å². The molecule has 1 aromatic rings. The average molecular weight is 564 g/mol. The van der Waals surface area contributed by atoms with Gasteiger partial charge in [0.15, 0.2) is 8.32 Å². The molecule has 2 atom stereocenters. The summed E-state index contributed by atoms with van der Waals surface area (Å²) < 4.78 is 33.0. The molecule has 39 heavy (non-hydrogen) atoms. The van der Waals surface area contributed by atoms with Crippen LogP contribution in [0.4, 0.5) is 14.9 Å². The van der Waals surface area contributed by atoms with Crippen molar-refractivity contribution >= 4 is 37.5 Å². The van der Waals surface area contributed by atoms with Crippen LogP contribution >= 0.6 is 0 Å². The van der Waals surface area contributed by atoms with E-state index in [1.165, 1.54) is 17.9 Å². The first-order chi connectivity index (χ1) is 17.9. The molecule has 9 nitrogen and oxygen atoms in total. The van der Waals surface area contributed by atoms with Crippen molar-refractivity contribution in [2.75, 3.05) is 31.1 Å². The van der Waals surface area contributed by atoms with Crippen LogP contribution in [-0.4, -0.2) is 70.3 Å². The highest BCUT2D eigenvalue weighted by Gasteiger charge is 2.41. The maximum atomic E-state index is 15.6. The summed E-state index contributed by atoms with van der Waals surface area (Å²) in [5.41, 5.74) is 0.713. The molecular formula is C28H42FN3O6Si. The molecule has 3 rings (SSSR count). The standard InChI is InChI=1S/C28H42FN3O6Si/c1-17(33)30-13-19-15-32(26(35)37-19)18-10-11-20(22(29)12-18)21-14-31-23(16-36-39(8,9)28(5,6)7)24(21)25(34)38-27(2,3)4/h10-12,19,23,31H,13-16H2,1-9H3,(H,30,33)/t19-,23+/m0/s1. The number of carbonyl (C=O) groups excluding carboxylic acids is 3. The first-order valence-electron chi connectivity index (χ1n) is 13.3. The number of hydrogen-bond donors (Lipinski definition) is 2. The zero-order valence-corrected chi connectivity index (χ0v) is 25.5. The van der Waals surface area contributed by atoms with Crippen molar-refractivity contribution in [1.82, 2.24) is 10.6 Å². The molecule has 2 N–H and O–H groups in total. The number of anilines is 1. The molecule has 216 valence electrons. The van der Waals surface area contributed by atoms with Gasteiger partial charge in [-0.1, -0.05) is 20.8 Å². The quantitative estimate of drug-likeness (QED) is 0.357. The molecule has 1 aromatic carbocycles. The van der Waals surface area contributed by atoms with Gasteiger partial charge in [-0.3, -0.25) is 9.69 Å². The summed E-state index contributed by atoms with van der Waals surface area (Å²) in [5, 5.41) is 5.92. The molecule has 0 aliphatic carbocycles. The van der Waals surface area contributed by atoms with Crippen LogP contribution in [0.2, 0.25) is 18.1 Å². The van der Waals surface area contributed by atoms with Crippen LogP contribution in [0, 0.1) is 5.82 Å². The van der Waals surface area contributed by atoms with E-state index in [1.807, 2.05) is 0 Å². The van der Waals surface area contributed by atoms with Gasteiger partial charge in [-0.2, -0.15) is 0 Å². The fraction of sp³-hybridized carbons (Fsp3) is 0.607. The first-order valence-corrected chi connectivity index (χ1v) is 16.2. The Kier molecular flexibility index (Phi) is 8.98. The lowest BCUT2D eigenvalue weighted by atomic mass is 9.98. The third-order valence-corrected chi connectivity index (χ3v) is 11.8. The van der Waals surface area contributed by atoms with Gasteiger partial charge in [-0.25, -0.2) is 14.0 Å². The van der Waals surface area contributed by atoms with E-state index in [1.54, 1.807) is 32.9 Å². The lowest BCUT2D eigenvalue weighted by Crippen LogP contribution is -2.45. The first kappa shape index (κ1) is 30.8. The number of rotatable bonds is 8. The predicted molar refractivity (Wildman–Crippen MR) is 150 cm³/mol. The van der Waals surface area contributed by atoms with Gasteiger partial charge in [-0.05, 0) is 62.7 Å². The molecule has 1 fully saturated rings. The molecule has 0 unspecified atom stereocenters. The number of cyclic esters (lactones) is 1. The van der Waals surface area contributed by atoms with Crippen LogP contribution in [0.3, 0.4) is 0 Å². The van der Waals surface area contributed by atoms with Crippen LogP contribution in [0.15, 0.2) is 23.8 Å². The van der Waals surface area contributed by atoms with Crippen LogP contribution < -0.4 is 15.5 Å². The second kappa shape index (κ2) is 11.4. The molecule has 2 aliphatic rings. The number of halogens is 1. The number of hydrogen-bond acceptors (Lipinski definition) is 7. The SMILES string of the molecule is CC(=O)NC[C@H]1CN(c2ccc(C3=C(C(=O)OC(C)(C)C)[C@@H](CO[Si](C)(C)C(C)(C)C)NC3)c(F)c2)C(=O)O1. The molecular weight excluding hydrogens is 521 g/mol. The Hall–Kier alpha value is -2.76. The van der Waals surface area contributed by atoms with Crippen LogP contribution in [0.25, 0.3) is 5.57 Å². The van der Waals surface area contributed by atoms with Gasteiger partial charge in [0.25, 0.3) is 0 Å². The summed E-state index contributed by atoms with van der Waals surface area (Å²) >= 11 is 0. The van der Waals surface area contributed by atoms with Crippen molar-refractivity contribution in [2.45, 2.75) is 84.3 Å². The lowest BCUT2D eigenvalue weighted by Gasteiger charge is -2.37. The number of carbonyl (C=O) groups is 3. The molecule has 2 amide bonds. The number of nitrogens with zero attached hydrogens (tertiary/aromatic N) is 1. The van der Waals surface area contributed by atoms with E-state index in [4.69, 9.17) is 13.9 Å². The number of nitrogens with one attached hydrogen (secondary N) is 2. The Balaban J connectivity index is 1.90. The number of esters is 1. The second-order valence-corrected chi connectivity index (χ2v) is 17.4. The second-order valence-electron chi connectivity index (χ2n) is 12.6. The summed E-state index contributed by atoms with van der Waals surface area (Å²) in [6.45, 7) is 18.4. The van der Waals surface area contributed by atoms with Gasteiger partial charge in [0.2, 0.25) is 5.91 Å². The van der Waals surface area contributed by atoms with Crippen LogP contribution in [-0.2, 0) is 23.5 Å². The zero-order valence-electron chi connectivity index (χ0n) is 24.5. The summed E-state index contributed by atoms with van der Waals surface area (Å²) in [4.78, 5) is 38.3. The minimum atomic E-state index is -2.10. The van der Waals surface area contributed by atoms with Gasteiger partial charge in [0.1, 0.15) is 17.5 Å². The van der Waals surface area contributed by atoms with Crippen molar-refractivity contribution in [3.8, 4) is 0 Å². The zero-order chi connectivity index (χ0) is 29.3. The molecule has 0 spiro atoms. The minimum absolute atomic E-state index is 0.00989. The molecule has 11 heteroatoms. The third-order valence-electron chi connectivity index (χ3n) is 7.28. The fourth-order valence-corrected chi connectivity index (χ4v) is 5.15. The fourth-order valence-electron chi connectivity index (χ4n) is 4.14. The summed E-state index contributed by atoms with van der Waals surface area (Å²) in [6.07, 6.45) is -1.15. The molecule has 0 radical (unpaired) electrons. The Morgan fingerprint density at radius 3 is 2.44 bits per heavy atom. The highest BCUT2D eigenvalue weighted by molar-refractivity contribution is 6.74. The van der Waals surface area contributed by atoms with Crippen molar-refractivity contribution in [3.63, 3.8) is 0 Å². The van der Waals surface area contributed by atoms with E-state index in [0.29, 0.717) is 16.8 Å². The van der Waals surface area contributed by atoms with Crippen molar-refractivity contribution in [2.24, 2.45) is 0 Å². The smallest absolute Gasteiger partial charge is 0.414 e. The van der Waals surface area contributed by atoms with Gasteiger partial charge in [-0.15, -0.1) is 0 Å². The van der Waals surface area contributed by atoms with E-state index >= 15 is 4.39 Å². The Bertz CT molecular complexity index is 1150. The largest absolute Gasteiger partial charge is 0.457 e. The summed E-state index contributed by atoms with van der Waals surface area (Å²) in [6, 6.07) is 4.00. The topological polar surface area (TPSA) is 106 Å². The molecule has 0 bridgehead atoms. The van der Waals surface area contributed by atoms with Crippen molar-refractivity contribution in [3.05, 3.63) is 35.2 Å². The van der Waals surface area contributed by atoms with E-state index in [-0.39, 0.29) is 42.8 Å². The average Bonchev–Trinajstić information content (AvgIpc) is 3.37.